The summed E-state index contributed by atoms with van der Waals surface area (Å²) in [4.78, 5) is 57.3. The largest absolute Gasteiger partial charge is 0.445 e. The first-order valence-corrected chi connectivity index (χ1v) is 17.6. The number of carbonyl (C=O) groups is 4. The molecule has 0 aliphatic rings. The van der Waals surface area contributed by atoms with Crippen molar-refractivity contribution < 1.29 is 29.0 Å². The van der Waals surface area contributed by atoms with Crippen LogP contribution in [0.15, 0.2) is 89.9 Å². The van der Waals surface area contributed by atoms with Crippen LogP contribution in [0.25, 0.3) is 0 Å². The monoisotopic (exact) mass is 715 g/mol. The number of alkyl carbamates (subject to hydrolysis) is 1. The Kier molecular flexibility index (Phi) is 16.6. The third kappa shape index (κ3) is 14.8. The number of carbonyl (C=O) groups excluding carboxylic acids is 4. The van der Waals surface area contributed by atoms with Crippen molar-refractivity contribution in [3.05, 3.63) is 102 Å². The van der Waals surface area contributed by atoms with Gasteiger partial charge < -0.3 is 42.6 Å². The fourth-order valence-electron chi connectivity index (χ4n) is 5.53. The van der Waals surface area contributed by atoms with Gasteiger partial charge in [-0.25, -0.2) is 9.79 Å². The number of rotatable bonds is 19. The van der Waals surface area contributed by atoms with Crippen molar-refractivity contribution in [1.82, 2.24) is 21.3 Å². The summed E-state index contributed by atoms with van der Waals surface area (Å²) in [6, 6.07) is 22.7. The number of guanidine groups is 1. The summed E-state index contributed by atoms with van der Waals surface area (Å²) in [7, 11) is 0. The number of amides is 4. The van der Waals surface area contributed by atoms with E-state index in [2.05, 4.69) is 26.3 Å². The van der Waals surface area contributed by atoms with Gasteiger partial charge in [0.15, 0.2) is 5.96 Å². The second kappa shape index (κ2) is 21.1. The number of hydrogen-bond acceptors (Lipinski definition) is 7. The predicted molar refractivity (Wildman–Crippen MR) is 201 cm³/mol. The van der Waals surface area contributed by atoms with Crippen LogP contribution < -0.4 is 32.7 Å². The summed E-state index contributed by atoms with van der Waals surface area (Å²) >= 11 is 0. The minimum atomic E-state index is -1.17. The van der Waals surface area contributed by atoms with E-state index in [0.717, 1.165) is 11.1 Å². The predicted octanol–water partition coefficient (Wildman–Crippen LogP) is 3.21. The molecule has 0 aromatic heterocycles. The zero-order valence-electron chi connectivity index (χ0n) is 30.4. The van der Waals surface area contributed by atoms with E-state index in [-0.39, 0.29) is 43.2 Å². The van der Waals surface area contributed by atoms with E-state index >= 15 is 0 Å². The van der Waals surface area contributed by atoms with Crippen LogP contribution in [0.4, 0.5) is 10.5 Å². The maximum absolute atomic E-state index is 13.9. The lowest BCUT2D eigenvalue weighted by molar-refractivity contribution is -0.132. The molecule has 0 saturated carbocycles. The summed E-state index contributed by atoms with van der Waals surface area (Å²) in [5.41, 5.74) is 14.0. The molecule has 3 aromatic carbocycles. The van der Waals surface area contributed by atoms with Gasteiger partial charge in [0.25, 0.3) is 0 Å². The molecule has 0 spiro atoms. The minimum absolute atomic E-state index is 0.0113. The van der Waals surface area contributed by atoms with Crippen molar-refractivity contribution in [2.45, 2.75) is 84.2 Å². The Bertz CT molecular complexity index is 1610. The molecule has 280 valence electrons. The van der Waals surface area contributed by atoms with E-state index in [1.807, 2.05) is 62.4 Å². The molecule has 3 rings (SSSR count). The quantitative estimate of drug-likeness (QED) is 0.0722. The zero-order valence-corrected chi connectivity index (χ0v) is 30.4. The molecule has 4 atom stereocenters. The molecule has 13 nitrogen and oxygen atoms in total. The number of aliphatic hydroxyl groups is 1. The lowest BCUT2D eigenvalue weighted by Gasteiger charge is -2.30. The fraction of sp³-hybridized carbons (Fsp3) is 0.410. The second-order valence-electron chi connectivity index (χ2n) is 13.5. The molecule has 0 bridgehead atoms. The smallest absolute Gasteiger partial charge is 0.408 e. The maximum Gasteiger partial charge on any atom is 0.408 e. The van der Waals surface area contributed by atoms with Crippen LogP contribution in [0.3, 0.4) is 0 Å². The van der Waals surface area contributed by atoms with Crippen molar-refractivity contribution in [3.8, 4) is 0 Å². The third-order valence-electron chi connectivity index (χ3n) is 8.17. The number of hydrogen-bond donors (Lipinski definition) is 7. The van der Waals surface area contributed by atoms with Crippen LogP contribution in [0.5, 0.6) is 0 Å². The first-order chi connectivity index (χ1) is 24.8. The summed E-state index contributed by atoms with van der Waals surface area (Å²) < 4.78 is 5.39. The van der Waals surface area contributed by atoms with Crippen LogP contribution in [0.1, 0.15) is 57.2 Å². The summed E-state index contributed by atoms with van der Waals surface area (Å²) in [6.45, 7) is 7.84. The van der Waals surface area contributed by atoms with E-state index in [1.54, 1.807) is 50.2 Å². The van der Waals surface area contributed by atoms with Crippen molar-refractivity contribution in [2.75, 3.05) is 6.54 Å². The number of nitrogens with one attached hydrogen (secondary N) is 4. The van der Waals surface area contributed by atoms with Gasteiger partial charge in [0.2, 0.25) is 17.7 Å². The number of benzene rings is 3. The summed E-state index contributed by atoms with van der Waals surface area (Å²) in [5, 5.41) is 22.3. The SMILES string of the molecule is CC(C)C[C@H](NC(=O)[C@@H](NC(=O)[C@H](Cc1cccc(N=C(N)N)c1)NC(=O)OCc1ccccc1)C(C)C)[C@@H](O)CC(=O)NCCc1ccccc1. The van der Waals surface area contributed by atoms with Gasteiger partial charge in [-0.3, -0.25) is 14.4 Å². The topological polar surface area (TPSA) is 210 Å². The molecule has 0 aliphatic carbocycles. The third-order valence-corrected chi connectivity index (χ3v) is 8.17. The van der Waals surface area contributed by atoms with Gasteiger partial charge in [0.1, 0.15) is 18.7 Å². The Labute approximate surface area is 306 Å². The van der Waals surface area contributed by atoms with Gasteiger partial charge in [-0.05, 0) is 53.5 Å². The zero-order chi connectivity index (χ0) is 38.0. The lowest BCUT2D eigenvalue weighted by Crippen LogP contribution is -2.58. The van der Waals surface area contributed by atoms with Crippen molar-refractivity contribution in [3.63, 3.8) is 0 Å². The molecule has 3 aromatic rings. The molecule has 13 heteroatoms. The van der Waals surface area contributed by atoms with Gasteiger partial charge in [-0.1, -0.05) is 100 Å². The number of aliphatic imine (C=N–C) groups is 1. The molecule has 0 aliphatic heterocycles. The highest BCUT2D eigenvalue weighted by molar-refractivity contribution is 5.92. The lowest BCUT2D eigenvalue weighted by atomic mass is 9.95. The van der Waals surface area contributed by atoms with E-state index in [1.165, 1.54) is 0 Å². The maximum atomic E-state index is 13.9. The van der Waals surface area contributed by atoms with E-state index < -0.39 is 42.1 Å². The number of nitrogens with two attached hydrogens (primary N) is 2. The average molecular weight is 716 g/mol. The highest BCUT2D eigenvalue weighted by atomic mass is 16.5. The van der Waals surface area contributed by atoms with Crippen molar-refractivity contribution in [1.29, 1.82) is 0 Å². The number of aliphatic hydroxyl groups excluding tert-OH is 1. The molecule has 0 unspecified atom stereocenters. The van der Waals surface area contributed by atoms with Gasteiger partial charge in [-0.2, -0.15) is 0 Å². The van der Waals surface area contributed by atoms with E-state index in [9.17, 15) is 24.3 Å². The molecule has 4 amide bonds. The molecule has 0 saturated heterocycles. The van der Waals surface area contributed by atoms with Gasteiger partial charge in [0, 0.05) is 13.0 Å². The van der Waals surface area contributed by atoms with Gasteiger partial charge in [0.05, 0.1) is 24.3 Å². The Morgan fingerprint density at radius 3 is 2.04 bits per heavy atom. The van der Waals surface area contributed by atoms with Crippen molar-refractivity contribution >= 4 is 35.5 Å². The normalized spacial score (nSPS) is 13.3. The molecule has 0 heterocycles. The minimum Gasteiger partial charge on any atom is -0.445 e. The molecular weight excluding hydrogens is 662 g/mol. The van der Waals surface area contributed by atoms with E-state index in [4.69, 9.17) is 16.2 Å². The van der Waals surface area contributed by atoms with Crippen molar-refractivity contribution in [2.24, 2.45) is 28.3 Å². The Morgan fingerprint density at radius 1 is 0.788 bits per heavy atom. The van der Waals surface area contributed by atoms with Gasteiger partial charge in [-0.15, -0.1) is 0 Å². The highest BCUT2D eigenvalue weighted by Gasteiger charge is 2.32. The second-order valence-corrected chi connectivity index (χ2v) is 13.5. The summed E-state index contributed by atoms with van der Waals surface area (Å²) in [5.74, 6) is -1.92. The number of ether oxygens (including phenoxy) is 1. The first kappa shape index (κ1) is 41.0. The Balaban J connectivity index is 1.71. The molecule has 9 N–H and O–H groups in total. The molecular formula is C39H53N7O6. The number of nitrogens with zero attached hydrogens (tertiary/aromatic N) is 1. The van der Waals surface area contributed by atoms with E-state index in [0.29, 0.717) is 30.6 Å². The molecule has 52 heavy (non-hydrogen) atoms. The van der Waals surface area contributed by atoms with Crippen LogP contribution in [0, 0.1) is 11.8 Å². The average Bonchev–Trinajstić information content (AvgIpc) is 3.09. The van der Waals surface area contributed by atoms with Gasteiger partial charge >= 0.3 is 6.09 Å². The first-order valence-electron chi connectivity index (χ1n) is 17.6. The van der Waals surface area contributed by atoms with Crippen LogP contribution in [-0.2, 0) is 38.6 Å². The fourth-order valence-corrected chi connectivity index (χ4v) is 5.53. The highest BCUT2D eigenvalue weighted by Crippen LogP contribution is 2.17. The standard InChI is InChI=1S/C39H53N7O6/c1-25(2)20-31(33(47)23-34(48)42-19-18-27-12-7-5-8-13-27)44-37(50)35(26(3)4)46-36(49)32(22-29-16-11-17-30(21-29)43-38(40)41)45-39(51)52-24-28-14-9-6-10-15-28/h5-17,21,25-26,31-33,35,47H,18-20,22-24H2,1-4H3,(H,42,48)(H,44,50)(H,45,51)(H,46,49)(H4,40,41,43)/t31-,32-,33-,35-/m0/s1. The summed E-state index contributed by atoms with van der Waals surface area (Å²) in [6.07, 6.45) is -1.13. The molecule has 0 fully saturated rings. The molecule has 0 radical (unpaired) electrons. The Morgan fingerprint density at radius 2 is 1.42 bits per heavy atom. The Hall–Kier alpha value is -5.43. The van der Waals surface area contributed by atoms with Crippen LogP contribution >= 0.6 is 0 Å². The van der Waals surface area contributed by atoms with Crippen LogP contribution in [-0.4, -0.2) is 65.7 Å². The van der Waals surface area contributed by atoms with Crippen LogP contribution in [0.2, 0.25) is 0 Å².